The summed E-state index contributed by atoms with van der Waals surface area (Å²) in [6.07, 6.45) is 0. The van der Waals surface area contributed by atoms with E-state index in [2.05, 4.69) is 10.2 Å². The van der Waals surface area contributed by atoms with E-state index in [0.29, 0.717) is 15.7 Å². The number of benzene rings is 1. The molecule has 0 radical (unpaired) electrons. The first-order valence-corrected chi connectivity index (χ1v) is 7.21. The Morgan fingerprint density at radius 1 is 0.842 bits per heavy atom. The van der Waals surface area contributed by atoms with E-state index in [-0.39, 0.29) is 0 Å². The molecule has 3 rings (SSSR count). The molecular formula is C14H8Cl2N2S. The van der Waals surface area contributed by atoms with Crippen molar-refractivity contribution in [3.63, 3.8) is 0 Å². The Hall–Kier alpha value is -1.42. The summed E-state index contributed by atoms with van der Waals surface area (Å²) in [5, 5.41) is 11.5. The molecule has 3 aromatic rings. The summed E-state index contributed by atoms with van der Waals surface area (Å²) < 4.78 is 0. The maximum Gasteiger partial charge on any atom is 0.103 e. The van der Waals surface area contributed by atoms with Crippen molar-refractivity contribution >= 4 is 34.5 Å². The number of thiophene rings is 1. The fourth-order valence-electron chi connectivity index (χ4n) is 1.73. The van der Waals surface area contributed by atoms with E-state index in [1.54, 1.807) is 17.4 Å². The predicted octanol–water partition coefficient (Wildman–Crippen LogP) is 5.18. The van der Waals surface area contributed by atoms with Crippen LogP contribution in [0.2, 0.25) is 10.0 Å². The smallest absolute Gasteiger partial charge is 0.103 e. The third-order valence-electron chi connectivity index (χ3n) is 2.67. The highest BCUT2D eigenvalue weighted by Crippen LogP contribution is 2.32. The van der Waals surface area contributed by atoms with E-state index < -0.39 is 0 Å². The van der Waals surface area contributed by atoms with Gasteiger partial charge in [-0.3, -0.25) is 0 Å². The topological polar surface area (TPSA) is 25.8 Å². The number of hydrogen-bond donors (Lipinski definition) is 0. The molecule has 94 valence electrons. The van der Waals surface area contributed by atoms with Crippen molar-refractivity contribution in [2.75, 3.05) is 0 Å². The zero-order valence-corrected chi connectivity index (χ0v) is 12.0. The first kappa shape index (κ1) is 12.6. The summed E-state index contributed by atoms with van der Waals surface area (Å²) in [6, 6.07) is 13.3. The molecule has 1 aromatic carbocycles. The van der Waals surface area contributed by atoms with Gasteiger partial charge >= 0.3 is 0 Å². The van der Waals surface area contributed by atoms with Gasteiger partial charge in [-0.05, 0) is 29.6 Å². The summed E-state index contributed by atoms with van der Waals surface area (Å²) in [4.78, 5) is 1.09. The summed E-state index contributed by atoms with van der Waals surface area (Å²) in [5.74, 6) is 0. The van der Waals surface area contributed by atoms with Crippen molar-refractivity contribution in [3.8, 4) is 21.8 Å². The molecule has 19 heavy (non-hydrogen) atoms. The first-order valence-electron chi connectivity index (χ1n) is 5.58. The van der Waals surface area contributed by atoms with Crippen LogP contribution in [0.3, 0.4) is 0 Å². The molecule has 0 amide bonds. The Kier molecular flexibility index (Phi) is 3.51. The number of halogens is 2. The highest BCUT2D eigenvalue weighted by Gasteiger charge is 2.09. The Bertz CT molecular complexity index is 694. The van der Waals surface area contributed by atoms with Gasteiger partial charge in [-0.15, -0.1) is 21.5 Å². The summed E-state index contributed by atoms with van der Waals surface area (Å²) >= 11 is 13.8. The lowest BCUT2D eigenvalue weighted by atomic mass is 10.1. The summed E-state index contributed by atoms with van der Waals surface area (Å²) in [7, 11) is 0. The molecule has 0 aliphatic carbocycles. The average molecular weight is 307 g/mol. The monoisotopic (exact) mass is 306 g/mol. The molecule has 2 aromatic heterocycles. The molecule has 0 aliphatic rings. The summed E-state index contributed by atoms with van der Waals surface area (Å²) in [5.41, 5.74) is 2.36. The van der Waals surface area contributed by atoms with Crippen LogP contribution in [0.15, 0.2) is 47.8 Å². The fourth-order valence-corrected chi connectivity index (χ4v) is 2.82. The van der Waals surface area contributed by atoms with Crippen LogP contribution < -0.4 is 0 Å². The molecule has 0 fully saturated rings. The van der Waals surface area contributed by atoms with Gasteiger partial charge in [0.1, 0.15) is 5.69 Å². The third-order valence-corrected chi connectivity index (χ3v) is 4.38. The molecule has 0 bridgehead atoms. The van der Waals surface area contributed by atoms with Crippen LogP contribution in [-0.2, 0) is 0 Å². The van der Waals surface area contributed by atoms with E-state index in [9.17, 15) is 0 Å². The number of hydrogen-bond acceptors (Lipinski definition) is 3. The van der Waals surface area contributed by atoms with Crippen molar-refractivity contribution in [1.82, 2.24) is 10.2 Å². The SMILES string of the molecule is Clc1cccc(-c2ccc(-c3cccs3)nn2)c1Cl. The van der Waals surface area contributed by atoms with Crippen molar-refractivity contribution in [2.45, 2.75) is 0 Å². The number of nitrogens with zero attached hydrogens (tertiary/aromatic N) is 2. The Labute approximate surface area is 124 Å². The lowest BCUT2D eigenvalue weighted by Crippen LogP contribution is -1.90. The van der Waals surface area contributed by atoms with E-state index in [0.717, 1.165) is 16.1 Å². The Morgan fingerprint density at radius 2 is 1.63 bits per heavy atom. The molecule has 0 unspecified atom stereocenters. The van der Waals surface area contributed by atoms with Crippen LogP contribution in [0.25, 0.3) is 21.8 Å². The molecule has 0 atom stereocenters. The maximum absolute atomic E-state index is 6.17. The lowest BCUT2D eigenvalue weighted by Gasteiger charge is -2.04. The van der Waals surface area contributed by atoms with E-state index in [4.69, 9.17) is 23.2 Å². The molecule has 2 nitrogen and oxygen atoms in total. The second kappa shape index (κ2) is 5.29. The number of rotatable bonds is 2. The standard InChI is InChI=1S/C14H8Cl2N2S/c15-10-4-1-3-9(14(10)16)11-6-7-12(18-17-11)13-5-2-8-19-13/h1-8H. The molecule has 2 heterocycles. The Morgan fingerprint density at radius 3 is 2.32 bits per heavy atom. The highest BCUT2D eigenvalue weighted by atomic mass is 35.5. The molecule has 0 saturated heterocycles. The van der Waals surface area contributed by atoms with Crippen molar-refractivity contribution in [1.29, 1.82) is 0 Å². The van der Waals surface area contributed by atoms with Gasteiger partial charge in [-0.1, -0.05) is 41.4 Å². The molecule has 0 N–H and O–H groups in total. The van der Waals surface area contributed by atoms with Gasteiger partial charge in [0.15, 0.2) is 0 Å². The van der Waals surface area contributed by atoms with Crippen LogP contribution in [-0.4, -0.2) is 10.2 Å². The largest absolute Gasteiger partial charge is 0.150 e. The normalized spacial score (nSPS) is 10.6. The van der Waals surface area contributed by atoms with Gasteiger partial charge in [0.2, 0.25) is 0 Å². The molecule has 0 saturated carbocycles. The second-order valence-corrected chi connectivity index (χ2v) is 5.62. The van der Waals surface area contributed by atoms with Crippen molar-refractivity contribution in [2.24, 2.45) is 0 Å². The van der Waals surface area contributed by atoms with Crippen LogP contribution >= 0.6 is 34.5 Å². The van der Waals surface area contributed by atoms with Crippen molar-refractivity contribution in [3.05, 3.63) is 57.9 Å². The molecule has 0 aliphatic heterocycles. The van der Waals surface area contributed by atoms with Gasteiger partial charge in [-0.25, -0.2) is 0 Å². The lowest BCUT2D eigenvalue weighted by molar-refractivity contribution is 1.05. The summed E-state index contributed by atoms with van der Waals surface area (Å²) in [6.45, 7) is 0. The fraction of sp³-hybridized carbons (Fsp3) is 0. The molecule has 5 heteroatoms. The Balaban J connectivity index is 2.01. The molecular weight excluding hydrogens is 299 g/mol. The zero-order chi connectivity index (χ0) is 13.2. The van der Waals surface area contributed by atoms with Gasteiger partial charge in [0.25, 0.3) is 0 Å². The van der Waals surface area contributed by atoms with Crippen LogP contribution in [0.1, 0.15) is 0 Å². The minimum absolute atomic E-state index is 0.502. The van der Waals surface area contributed by atoms with Crippen LogP contribution in [0.5, 0.6) is 0 Å². The van der Waals surface area contributed by atoms with Crippen molar-refractivity contribution < 1.29 is 0 Å². The van der Waals surface area contributed by atoms with Crippen LogP contribution in [0.4, 0.5) is 0 Å². The van der Waals surface area contributed by atoms with Gasteiger partial charge in [0, 0.05) is 5.56 Å². The van der Waals surface area contributed by atoms with Gasteiger partial charge in [0.05, 0.1) is 20.6 Å². The second-order valence-electron chi connectivity index (χ2n) is 3.88. The van der Waals surface area contributed by atoms with E-state index >= 15 is 0 Å². The van der Waals surface area contributed by atoms with Crippen LogP contribution in [0, 0.1) is 0 Å². The first-order chi connectivity index (χ1) is 9.25. The number of aromatic nitrogens is 2. The van der Waals surface area contributed by atoms with E-state index in [1.165, 1.54) is 0 Å². The molecule has 0 spiro atoms. The minimum atomic E-state index is 0.502. The third kappa shape index (κ3) is 2.50. The predicted molar refractivity (Wildman–Crippen MR) is 80.8 cm³/mol. The minimum Gasteiger partial charge on any atom is -0.150 e. The zero-order valence-electron chi connectivity index (χ0n) is 9.68. The van der Waals surface area contributed by atoms with Gasteiger partial charge in [-0.2, -0.15) is 0 Å². The maximum atomic E-state index is 6.17. The quantitative estimate of drug-likeness (QED) is 0.652. The van der Waals surface area contributed by atoms with Gasteiger partial charge < -0.3 is 0 Å². The highest BCUT2D eigenvalue weighted by molar-refractivity contribution is 7.13. The average Bonchev–Trinajstić information content (AvgIpc) is 2.96. The van der Waals surface area contributed by atoms with E-state index in [1.807, 2.05) is 41.8 Å².